The van der Waals surface area contributed by atoms with E-state index < -0.39 is 4.92 Å². The van der Waals surface area contributed by atoms with Gasteiger partial charge in [0.25, 0.3) is 5.69 Å². The molecule has 0 unspecified atom stereocenters. The van der Waals surface area contributed by atoms with E-state index in [1.54, 1.807) is 18.2 Å². The van der Waals surface area contributed by atoms with Gasteiger partial charge in [-0.3, -0.25) is 15.2 Å². The number of rotatable bonds is 3. The topological polar surface area (TPSA) is 97.8 Å². The minimum Gasteiger partial charge on any atom is -0.382 e. The summed E-state index contributed by atoms with van der Waals surface area (Å²) in [4.78, 5) is 10.5. The van der Waals surface area contributed by atoms with E-state index in [2.05, 4.69) is 10.2 Å². The molecule has 17 heavy (non-hydrogen) atoms. The van der Waals surface area contributed by atoms with Gasteiger partial charge in [-0.25, -0.2) is 0 Å². The molecule has 0 aliphatic carbocycles. The van der Waals surface area contributed by atoms with Crippen LogP contribution in [0.3, 0.4) is 0 Å². The lowest BCUT2D eigenvalue weighted by Gasteiger charge is -2.02. The number of nitro groups is 1. The number of nitro benzene ring substituents is 1. The summed E-state index contributed by atoms with van der Waals surface area (Å²) < 4.78 is 0. The first-order valence-corrected chi connectivity index (χ1v) is 5.21. The molecule has 2 aromatic rings. The minimum atomic E-state index is -0.411. The summed E-state index contributed by atoms with van der Waals surface area (Å²) in [6.07, 6.45) is 0.670. The van der Waals surface area contributed by atoms with Crippen molar-refractivity contribution >= 4 is 11.5 Å². The van der Waals surface area contributed by atoms with Gasteiger partial charge in [-0.1, -0.05) is 19.1 Å². The van der Waals surface area contributed by atoms with Crippen molar-refractivity contribution in [2.45, 2.75) is 13.3 Å². The second kappa shape index (κ2) is 4.25. The number of nitrogens with one attached hydrogen (secondary N) is 1. The average molecular weight is 232 g/mol. The van der Waals surface area contributed by atoms with Crippen LogP contribution in [0.1, 0.15) is 12.5 Å². The van der Waals surface area contributed by atoms with Crippen molar-refractivity contribution in [2.24, 2.45) is 0 Å². The molecular weight excluding hydrogens is 220 g/mol. The number of nitrogens with zero attached hydrogens (tertiary/aromatic N) is 2. The van der Waals surface area contributed by atoms with E-state index in [1.165, 1.54) is 6.07 Å². The van der Waals surface area contributed by atoms with Crippen LogP contribution in [0.4, 0.5) is 11.5 Å². The molecule has 0 bridgehead atoms. The van der Waals surface area contributed by atoms with Crippen LogP contribution in [0.5, 0.6) is 0 Å². The maximum absolute atomic E-state index is 10.9. The number of benzene rings is 1. The van der Waals surface area contributed by atoms with Crippen LogP contribution in [-0.4, -0.2) is 15.1 Å². The standard InChI is InChI=1S/C11H12N4O2/c1-2-7-10(13-14-11(7)12)8-5-3-4-6-9(8)15(16)17/h3-6H,2H2,1H3,(H3,12,13,14). The van der Waals surface area contributed by atoms with Crippen molar-refractivity contribution in [3.05, 3.63) is 39.9 Å². The van der Waals surface area contributed by atoms with Crippen molar-refractivity contribution in [1.82, 2.24) is 10.2 Å². The maximum atomic E-state index is 10.9. The quantitative estimate of drug-likeness (QED) is 0.625. The van der Waals surface area contributed by atoms with Gasteiger partial charge in [0.2, 0.25) is 0 Å². The SMILES string of the molecule is CCc1c(N)n[nH]c1-c1ccccc1[N+](=O)[O-]. The number of anilines is 1. The Balaban J connectivity index is 2.64. The molecule has 0 saturated carbocycles. The van der Waals surface area contributed by atoms with E-state index in [-0.39, 0.29) is 5.69 Å². The third-order valence-electron chi connectivity index (χ3n) is 2.62. The summed E-state index contributed by atoms with van der Waals surface area (Å²) in [5, 5.41) is 17.6. The van der Waals surface area contributed by atoms with Gasteiger partial charge in [0.05, 0.1) is 16.2 Å². The number of nitrogens with two attached hydrogens (primary N) is 1. The molecule has 0 saturated heterocycles. The van der Waals surface area contributed by atoms with Crippen LogP contribution in [0, 0.1) is 10.1 Å². The molecule has 0 aliphatic rings. The van der Waals surface area contributed by atoms with Gasteiger partial charge in [0.15, 0.2) is 0 Å². The number of para-hydroxylation sites is 1. The Kier molecular flexibility index (Phi) is 2.78. The number of hydrogen-bond acceptors (Lipinski definition) is 4. The Morgan fingerprint density at radius 2 is 2.18 bits per heavy atom. The van der Waals surface area contributed by atoms with E-state index in [4.69, 9.17) is 5.73 Å². The molecule has 0 aliphatic heterocycles. The third kappa shape index (κ3) is 1.84. The first-order valence-electron chi connectivity index (χ1n) is 5.21. The molecule has 1 heterocycles. The van der Waals surface area contributed by atoms with Crippen LogP contribution in [0.25, 0.3) is 11.3 Å². The Morgan fingerprint density at radius 1 is 1.47 bits per heavy atom. The zero-order chi connectivity index (χ0) is 12.4. The highest BCUT2D eigenvalue weighted by molar-refractivity contribution is 5.75. The predicted molar refractivity (Wildman–Crippen MR) is 64.5 cm³/mol. The molecule has 1 aromatic carbocycles. The molecule has 0 atom stereocenters. The van der Waals surface area contributed by atoms with Gasteiger partial charge in [-0.2, -0.15) is 5.10 Å². The summed E-state index contributed by atoms with van der Waals surface area (Å²) >= 11 is 0. The number of H-pyrrole nitrogens is 1. The lowest BCUT2D eigenvalue weighted by molar-refractivity contribution is -0.384. The van der Waals surface area contributed by atoms with Gasteiger partial charge in [0, 0.05) is 11.6 Å². The number of aromatic nitrogens is 2. The van der Waals surface area contributed by atoms with Crippen molar-refractivity contribution in [3.63, 3.8) is 0 Å². The Morgan fingerprint density at radius 3 is 2.82 bits per heavy atom. The molecule has 1 aromatic heterocycles. The summed E-state index contributed by atoms with van der Waals surface area (Å²) in [7, 11) is 0. The summed E-state index contributed by atoms with van der Waals surface area (Å²) in [6.45, 7) is 1.93. The zero-order valence-electron chi connectivity index (χ0n) is 9.30. The molecular formula is C11H12N4O2. The zero-order valence-corrected chi connectivity index (χ0v) is 9.30. The van der Waals surface area contributed by atoms with Crippen LogP contribution in [0.15, 0.2) is 24.3 Å². The van der Waals surface area contributed by atoms with Crippen molar-refractivity contribution in [2.75, 3.05) is 5.73 Å². The fourth-order valence-corrected chi connectivity index (χ4v) is 1.80. The molecule has 6 heteroatoms. The predicted octanol–water partition coefficient (Wildman–Crippen LogP) is 2.13. The van der Waals surface area contributed by atoms with Crippen LogP contribution >= 0.6 is 0 Å². The van der Waals surface area contributed by atoms with E-state index >= 15 is 0 Å². The smallest absolute Gasteiger partial charge is 0.278 e. The molecule has 0 fully saturated rings. The van der Waals surface area contributed by atoms with E-state index in [1.807, 2.05) is 6.92 Å². The molecule has 88 valence electrons. The highest BCUT2D eigenvalue weighted by Crippen LogP contribution is 2.32. The second-order valence-electron chi connectivity index (χ2n) is 3.59. The monoisotopic (exact) mass is 232 g/mol. The first-order chi connectivity index (χ1) is 8.15. The van der Waals surface area contributed by atoms with Gasteiger partial charge in [-0.05, 0) is 12.5 Å². The fourth-order valence-electron chi connectivity index (χ4n) is 1.80. The molecule has 2 rings (SSSR count). The molecule has 3 N–H and O–H groups in total. The first kappa shape index (κ1) is 11.1. The van der Waals surface area contributed by atoms with Gasteiger partial charge in [0.1, 0.15) is 5.82 Å². The van der Waals surface area contributed by atoms with E-state index in [9.17, 15) is 10.1 Å². The Labute approximate surface area is 97.6 Å². The lowest BCUT2D eigenvalue weighted by atomic mass is 10.0. The maximum Gasteiger partial charge on any atom is 0.278 e. The summed E-state index contributed by atoms with van der Waals surface area (Å²) in [5.74, 6) is 0.389. The second-order valence-corrected chi connectivity index (χ2v) is 3.59. The number of aromatic amines is 1. The third-order valence-corrected chi connectivity index (χ3v) is 2.62. The Hall–Kier alpha value is -2.37. The number of nitrogen functional groups attached to an aromatic ring is 1. The van der Waals surface area contributed by atoms with Crippen LogP contribution in [0.2, 0.25) is 0 Å². The molecule has 0 radical (unpaired) electrons. The molecule has 0 amide bonds. The van der Waals surface area contributed by atoms with Gasteiger partial charge in [-0.15, -0.1) is 0 Å². The minimum absolute atomic E-state index is 0.0471. The van der Waals surface area contributed by atoms with E-state index in [0.717, 1.165) is 5.56 Å². The van der Waals surface area contributed by atoms with Crippen molar-refractivity contribution in [1.29, 1.82) is 0 Å². The van der Waals surface area contributed by atoms with Crippen LogP contribution in [-0.2, 0) is 6.42 Å². The largest absolute Gasteiger partial charge is 0.382 e. The average Bonchev–Trinajstić information content (AvgIpc) is 2.70. The summed E-state index contributed by atoms with van der Waals surface area (Å²) in [6, 6.07) is 6.53. The van der Waals surface area contributed by atoms with Gasteiger partial charge >= 0.3 is 0 Å². The molecule has 6 nitrogen and oxygen atoms in total. The number of hydrogen-bond donors (Lipinski definition) is 2. The summed E-state index contributed by atoms with van der Waals surface area (Å²) in [5.41, 5.74) is 7.69. The van der Waals surface area contributed by atoms with Crippen LogP contribution < -0.4 is 5.73 Å². The van der Waals surface area contributed by atoms with E-state index in [0.29, 0.717) is 23.5 Å². The highest BCUT2D eigenvalue weighted by atomic mass is 16.6. The van der Waals surface area contributed by atoms with Crippen molar-refractivity contribution in [3.8, 4) is 11.3 Å². The lowest BCUT2D eigenvalue weighted by Crippen LogP contribution is -1.94. The Bertz CT molecular complexity index is 562. The normalized spacial score (nSPS) is 10.4. The molecule has 0 spiro atoms. The van der Waals surface area contributed by atoms with Gasteiger partial charge < -0.3 is 5.73 Å². The highest BCUT2D eigenvalue weighted by Gasteiger charge is 2.19. The van der Waals surface area contributed by atoms with Crippen molar-refractivity contribution < 1.29 is 4.92 Å². The fraction of sp³-hybridized carbons (Fsp3) is 0.182.